The number of carbonyl (C=O) groups is 1. The number of nitrogens with one attached hydrogen (secondary N) is 1. The lowest BCUT2D eigenvalue weighted by Gasteiger charge is -2.54. The SMILES string of the molecule is CC1(C)CC(N)CC(C)(C)N1C(=O)NCCc1ccc(Br)cc1. The average Bonchev–Trinajstić information content (AvgIpc) is 2.37. The highest BCUT2D eigenvalue weighted by molar-refractivity contribution is 9.10. The average molecular weight is 382 g/mol. The van der Waals surface area contributed by atoms with Gasteiger partial charge in [-0.25, -0.2) is 4.79 Å². The Hall–Kier alpha value is -1.07. The molecule has 1 heterocycles. The zero-order chi connectivity index (χ0) is 17.3. The highest BCUT2D eigenvalue weighted by Crippen LogP contribution is 2.37. The summed E-state index contributed by atoms with van der Waals surface area (Å²) in [4.78, 5) is 14.7. The molecule has 3 N–H and O–H groups in total. The molecule has 128 valence electrons. The molecule has 0 aromatic heterocycles. The second-order valence-corrected chi connectivity index (χ2v) is 8.65. The van der Waals surface area contributed by atoms with E-state index in [0.29, 0.717) is 6.54 Å². The van der Waals surface area contributed by atoms with Crippen LogP contribution in [0.1, 0.15) is 46.1 Å². The van der Waals surface area contributed by atoms with E-state index in [0.717, 1.165) is 23.7 Å². The van der Waals surface area contributed by atoms with Gasteiger partial charge in [-0.05, 0) is 64.7 Å². The molecule has 0 atom stereocenters. The van der Waals surface area contributed by atoms with Crippen LogP contribution in [-0.4, -0.2) is 34.6 Å². The molecule has 23 heavy (non-hydrogen) atoms. The number of hydrogen-bond acceptors (Lipinski definition) is 2. The summed E-state index contributed by atoms with van der Waals surface area (Å²) in [6, 6.07) is 8.34. The Labute approximate surface area is 147 Å². The van der Waals surface area contributed by atoms with Crippen molar-refractivity contribution in [3.63, 3.8) is 0 Å². The number of halogens is 1. The Morgan fingerprint density at radius 1 is 1.22 bits per heavy atom. The molecule has 1 saturated heterocycles. The molecule has 1 fully saturated rings. The molecule has 2 amide bonds. The number of piperidine rings is 1. The molecule has 1 aliphatic rings. The fourth-order valence-electron chi connectivity index (χ4n) is 3.95. The molecular formula is C18H28BrN3O. The van der Waals surface area contributed by atoms with Crippen LogP contribution < -0.4 is 11.1 Å². The smallest absolute Gasteiger partial charge is 0.318 e. The summed E-state index contributed by atoms with van der Waals surface area (Å²) in [5, 5.41) is 3.08. The van der Waals surface area contributed by atoms with Crippen molar-refractivity contribution in [2.45, 2.75) is 64.1 Å². The van der Waals surface area contributed by atoms with E-state index in [1.54, 1.807) is 0 Å². The number of rotatable bonds is 3. The van der Waals surface area contributed by atoms with Gasteiger partial charge in [0.15, 0.2) is 0 Å². The van der Waals surface area contributed by atoms with Crippen LogP contribution >= 0.6 is 15.9 Å². The first-order chi connectivity index (χ1) is 10.6. The molecule has 4 nitrogen and oxygen atoms in total. The van der Waals surface area contributed by atoms with E-state index < -0.39 is 0 Å². The third-order valence-corrected chi connectivity index (χ3v) is 5.07. The van der Waals surface area contributed by atoms with Gasteiger partial charge in [-0.3, -0.25) is 0 Å². The van der Waals surface area contributed by atoms with Gasteiger partial charge in [-0.2, -0.15) is 0 Å². The van der Waals surface area contributed by atoms with Crippen molar-refractivity contribution >= 4 is 22.0 Å². The van der Waals surface area contributed by atoms with Crippen molar-refractivity contribution in [3.8, 4) is 0 Å². The van der Waals surface area contributed by atoms with Crippen molar-refractivity contribution in [3.05, 3.63) is 34.3 Å². The van der Waals surface area contributed by atoms with E-state index in [2.05, 4.69) is 61.1 Å². The van der Waals surface area contributed by atoms with Crippen LogP contribution in [0.5, 0.6) is 0 Å². The summed E-state index contributed by atoms with van der Waals surface area (Å²) in [5.41, 5.74) is 6.92. The van der Waals surface area contributed by atoms with E-state index in [4.69, 9.17) is 5.73 Å². The number of hydrogen-bond donors (Lipinski definition) is 2. The van der Waals surface area contributed by atoms with E-state index in [1.165, 1.54) is 5.56 Å². The number of carbonyl (C=O) groups excluding carboxylic acids is 1. The lowest BCUT2D eigenvalue weighted by atomic mass is 9.77. The standard InChI is InChI=1S/C18H28BrN3O/c1-17(2)11-15(20)12-18(3,4)22(17)16(23)21-10-9-13-5-7-14(19)8-6-13/h5-8,15H,9-12,20H2,1-4H3,(H,21,23). The van der Waals surface area contributed by atoms with Crippen LogP contribution in [0.15, 0.2) is 28.7 Å². The van der Waals surface area contributed by atoms with Crippen molar-refractivity contribution in [1.82, 2.24) is 10.2 Å². The number of urea groups is 1. The molecule has 5 heteroatoms. The molecule has 0 unspecified atom stereocenters. The van der Waals surface area contributed by atoms with Crippen LogP contribution in [-0.2, 0) is 6.42 Å². The molecule has 0 aliphatic carbocycles. The van der Waals surface area contributed by atoms with Gasteiger partial charge < -0.3 is 16.0 Å². The number of nitrogens with two attached hydrogens (primary N) is 1. The Morgan fingerprint density at radius 3 is 2.26 bits per heavy atom. The molecule has 0 bridgehead atoms. The predicted octanol–water partition coefficient (Wildman–Crippen LogP) is 3.68. The van der Waals surface area contributed by atoms with Gasteiger partial charge in [0.25, 0.3) is 0 Å². The topological polar surface area (TPSA) is 58.4 Å². The van der Waals surface area contributed by atoms with Gasteiger partial charge in [0.05, 0.1) is 0 Å². The van der Waals surface area contributed by atoms with Crippen LogP contribution in [0.3, 0.4) is 0 Å². The maximum absolute atomic E-state index is 12.7. The Balaban J connectivity index is 1.97. The molecular weight excluding hydrogens is 354 g/mol. The first-order valence-corrected chi connectivity index (χ1v) is 8.99. The molecule has 0 spiro atoms. The zero-order valence-corrected chi connectivity index (χ0v) is 16.1. The van der Waals surface area contributed by atoms with Crippen LogP contribution in [0.4, 0.5) is 4.79 Å². The molecule has 0 saturated carbocycles. The molecule has 1 aromatic carbocycles. The minimum absolute atomic E-state index is 0.00371. The quantitative estimate of drug-likeness (QED) is 0.838. The number of benzene rings is 1. The van der Waals surface area contributed by atoms with Crippen LogP contribution in [0.2, 0.25) is 0 Å². The minimum Gasteiger partial charge on any atom is -0.338 e. The summed E-state index contributed by atoms with van der Waals surface area (Å²) in [5.74, 6) is 0. The molecule has 2 rings (SSSR count). The summed E-state index contributed by atoms with van der Waals surface area (Å²) in [7, 11) is 0. The number of nitrogens with zero attached hydrogens (tertiary/aromatic N) is 1. The second-order valence-electron chi connectivity index (χ2n) is 7.74. The van der Waals surface area contributed by atoms with Gasteiger partial charge in [-0.15, -0.1) is 0 Å². The summed E-state index contributed by atoms with van der Waals surface area (Å²) in [6.45, 7) is 9.03. The lowest BCUT2D eigenvalue weighted by Crippen LogP contribution is -2.67. The Kier molecular flexibility index (Phi) is 5.41. The van der Waals surface area contributed by atoms with Crippen molar-refractivity contribution in [2.75, 3.05) is 6.54 Å². The normalized spacial score (nSPS) is 20.3. The number of amides is 2. The van der Waals surface area contributed by atoms with Crippen molar-refractivity contribution in [1.29, 1.82) is 0 Å². The minimum atomic E-state index is -0.233. The third-order valence-electron chi connectivity index (χ3n) is 4.54. The lowest BCUT2D eigenvalue weighted by molar-refractivity contribution is 0.00325. The highest BCUT2D eigenvalue weighted by atomic mass is 79.9. The predicted molar refractivity (Wildman–Crippen MR) is 98.5 cm³/mol. The van der Waals surface area contributed by atoms with Gasteiger partial charge in [0.1, 0.15) is 0 Å². The van der Waals surface area contributed by atoms with Gasteiger partial charge in [0.2, 0.25) is 0 Å². The maximum atomic E-state index is 12.7. The molecule has 0 radical (unpaired) electrons. The largest absolute Gasteiger partial charge is 0.338 e. The molecule has 1 aliphatic heterocycles. The van der Waals surface area contributed by atoms with Gasteiger partial charge in [-0.1, -0.05) is 28.1 Å². The van der Waals surface area contributed by atoms with Crippen LogP contribution in [0.25, 0.3) is 0 Å². The monoisotopic (exact) mass is 381 g/mol. The van der Waals surface area contributed by atoms with Crippen molar-refractivity contribution < 1.29 is 4.79 Å². The first kappa shape index (κ1) is 18.3. The van der Waals surface area contributed by atoms with Crippen molar-refractivity contribution in [2.24, 2.45) is 5.73 Å². The summed E-state index contributed by atoms with van der Waals surface area (Å²) in [6.07, 6.45) is 2.49. The van der Waals surface area contributed by atoms with Crippen LogP contribution in [0, 0.1) is 0 Å². The zero-order valence-electron chi connectivity index (χ0n) is 14.5. The van der Waals surface area contributed by atoms with E-state index in [1.807, 2.05) is 17.0 Å². The fourth-order valence-corrected chi connectivity index (χ4v) is 4.22. The third kappa shape index (κ3) is 4.48. The summed E-state index contributed by atoms with van der Waals surface area (Å²) >= 11 is 3.43. The summed E-state index contributed by atoms with van der Waals surface area (Å²) < 4.78 is 1.07. The first-order valence-electron chi connectivity index (χ1n) is 8.20. The van der Waals surface area contributed by atoms with E-state index in [-0.39, 0.29) is 23.2 Å². The second kappa shape index (κ2) is 6.81. The van der Waals surface area contributed by atoms with E-state index >= 15 is 0 Å². The highest BCUT2D eigenvalue weighted by Gasteiger charge is 2.46. The van der Waals surface area contributed by atoms with Gasteiger partial charge in [0, 0.05) is 28.1 Å². The van der Waals surface area contributed by atoms with Gasteiger partial charge >= 0.3 is 6.03 Å². The molecule has 1 aromatic rings. The van der Waals surface area contributed by atoms with E-state index in [9.17, 15) is 4.79 Å². The maximum Gasteiger partial charge on any atom is 0.318 e. The fraction of sp³-hybridized carbons (Fsp3) is 0.611. The number of likely N-dealkylation sites (tertiary alicyclic amines) is 1. The Morgan fingerprint density at radius 2 is 1.74 bits per heavy atom. The Bertz CT molecular complexity index is 536.